The Hall–Kier alpha value is -1.40. The van der Waals surface area contributed by atoms with E-state index in [0.29, 0.717) is 11.5 Å². The highest BCUT2D eigenvalue weighted by molar-refractivity contribution is 7.89. The number of nitrogens with one attached hydrogen (secondary N) is 2. The van der Waals surface area contributed by atoms with Crippen molar-refractivity contribution < 1.29 is 13.2 Å². The van der Waals surface area contributed by atoms with Gasteiger partial charge in [-0.1, -0.05) is 19.9 Å². The number of hydrogen-bond acceptors (Lipinski definition) is 3. The molecule has 0 spiro atoms. The number of hydrogen-bond donors (Lipinski definition) is 2. The molecule has 1 amide bonds. The van der Waals surface area contributed by atoms with Crippen LogP contribution in [0.4, 0.5) is 0 Å². The van der Waals surface area contributed by atoms with Crippen LogP contribution in [0.2, 0.25) is 0 Å². The van der Waals surface area contributed by atoms with Gasteiger partial charge in [-0.3, -0.25) is 4.79 Å². The van der Waals surface area contributed by atoms with Gasteiger partial charge in [0.2, 0.25) is 10.0 Å². The zero-order valence-corrected chi connectivity index (χ0v) is 14.3. The second kappa shape index (κ2) is 6.38. The van der Waals surface area contributed by atoms with Crippen LogP contribution in [0.25, 0.3) is 0 Å². The van der Waals surface area contributed by atoms with Crippen LogP contribution in [0, 0.1) is 12.8 Å². The number of carbonyl (C=O) groups is 1. The van der Waals surface area contributed by atoms with E-state index in [-0.39, 0.29) is 22.9 Å². The van der Waals surface area contributed by atoms with E-state index in [4.69, 9.17) is 0 Å². The molecule has 0 aliphatic heterocycles. The molecule has 2 N–H and O–H groups in total. The van der Waals surface area contributed by atoms with Crippen molar-refractivity contribution in [3.05, 3.63) is 29.3 Å². The van der Waals surface area contributed by atoms with Gasteiger partial charge in [0.1, 0.15) is 0 Å². The molecule has 1 atom stereocenters. The maximum Gasteiger partial charge on any atom is 0.251 e. The Morgan fingerprint density at radius 2 is 1.86 bits per heavy atom. The lowest BCUT2D eigenvalue weighted by Gasteiger charge is -2.18. The SMILES string of the molecule is Cc1ccc(S(=O)(=O)NC2CC2)cc1C(=O)NC(C)C(C)C. The van der Waals surface area contributed by atoms with Gasteiger partial charge >= 0.3 is 0 Å². The number of sulfonamides is 1. The van der Waals surface area contributed by atoms with Crippen molar-refractivity contribution in [2.45, 2.75) is 57.5 Å². The molecule has 2 rings (SSSR count). The molecule has 6 heteroatoms. The van der Waals surface area contributed by atoms with Gasteiger partial charge in [-0.25, -0.2) is 13.1 Å². The third-order valence-electron chi connectivity index (χ3n) is 4.02. The topological polar surface area (TPSA) is 75.3 Å². The summed E-state index contributed by atoms with van der Waals surface area (Å²) < 4.78 is 27.1. The van der Waals surface area contributed by atoms with Crippen molar-refractivity contribution in [1.29, 1.82) is 0 Å². The van der Waals surface area contributed by atoms with Crippen molar-refractivity contribution in [2.24, 2.45) is 5.92 Å². The van der Waals surface area contributed by atoms with Crippen LogP contribution in [0.5, 0.6) is 0 Å². The fourth-order valence-corrected chi connectivity index (χ4v) is 3.28. The minimum absolute atomic E-state index is 0.0248. The van der Waals surface area contributed by atoms with E-state index in [1.54, 1.807) is 19.1 Å². The summed E-state index contributed by atoms with van der Waals surface area (Å²) in [5.41, 5.74) is 1.17. The standard InChI is InChI=1S/C16H24N2O3S/c1-10(2)12(4)17-16(19)15-9-14(8-5-11(15)3)22(20,21)18-13-6-7-13/h5,8-10,12-13,18H,6-7H2,1-4H3,(H,17,19). The Kier molecular flexibility index (Phi) is 4.92. The van der Waals surface area contributed by atoms with E-state index in [9.17, 15) is 13.2 Å². The average molecular weight is 324 g/mol. The monoisotopic (exact) mass is 324 g/mol. The Labute approximate surface area is 132 Å². The first kappa shape index (κ1) is 17.0. The smallest absolute Gasteiger partial charge is 0.251 e. The lowest BCUT2D eigenvalue weighted by atomic mass is 10.0. The van der Waals surface area contributed by atoms with Gasteiger partial charge in [-0.2, -0.15) is 0 Å². The first-order chi connectivity index (χ1) is 10.2. The number of aryl methyl sites for hydroxylation is 1. The van der Waals surface area contributed by atoms with Crippen molar-refractivity contribution in [1.82, 2.24) is 10.0 Å². The third-order valence-corrected chi connectivity index (χ3v) is 5.54. The van der Waals surface area contributed by atoms with Gasteiger partial charge in [0, 0.05) is 17.6 Å². The average Bonchev–Trinajstić information content (AvgIpc) is 3.21. The summed E-state index contributed by atoms with van der Waals surface area (Å²) in [5.74, 6) is 0.0786. The minimum atomic E-state index is -3.54. The molecule has 122 valence electrons. The molecule has 1 aliphatic carbocycles. The minimum Gasteiger partial charge on any atom is -0.349 e. The number of rotatable bonds is 6. The first-order valence-corrected chi connectivity index (χ1v) is 9.13. The molecule has 1 aliphatic rings. The van der Waals surface area contributed by atoms with E-state index in [1.807, 2.05) is 20.8 Å². The fraction of sp³-hybridized carbons (Fsp3) is 0.562. The van der Waals surface area contributed by atoms with Crippen LogP contribution >= 0.6 is 0 Å². The maximum atomic E-state index is 12.4. The Balaban J connectivity index is 2.24. The van der Waals surface area contributed by atoms with Crippen LogP contribution in [0.15, 0.2) is 23.1 Å². The highest BCUT2D eigenvalue weighted by Gasteiger charge is 2.28. The van der Waals surface area contributed by atoms with Gasteiger partial charge in [-0.05, 0) is 50.3 Å². The molecule has 0 radical (unpaired) electrons. The first-order valence-electron chi connectivity index (χ1n) is 7.64. The Morgan fingerprint density at radius 1 is 1.23 bits per heavy atom. The summed E-state index contributed by atoms with van der Waals surface area (Å²) in [6, 6.07) is 4.75. The maximum absolute atomic E-state index is 12.4. The van der Waals surface area contributed by atoms with Gasteiger partial charge in [0.15, 0.2) is 0 Å². The van der Waals surface area contributed by atoms with Crippen molar-refractivity contribution in [3.63, 3.8) is 0 Å². The van der Waals surface area contributed by atoms with Crippen molar-refractivity contribution >= 4 is 15.9 Å². The number of benzene rings is 1. The van der Waals surface area contributed by atoms with Crippen molar-refractivity contribution in [2.75, 3.05) is 0 Å². The van der Waals surface area contributed by atoms with E-state index in [2.05, 4.69) is 10.0 Å². The van der Waals surface area contributed by atoms with E-state index >= 15 is 0 Å². The molecule has 1 fully saturated rings. The van der Waals surface area contributed by atoms with Gasteiger partial charge in [0.25, 0.3) is 5.91 Å². The summed E-state index contributed by atoms with van der Waals surface area (Å²) >= 11 is 0. The van der Waals surface area contributed by atoms with E-state index < -0.39 is 10.0 Å². The lowest BCUT2D eigenvalue weighted by molar-refractivity contribution is 0.0929. The molecule has 1 aromatic rings. The van der Waals surface area contributed by atoms with Crippen LogP contribution in [0.3, 0.4) is 0 Å². The molecule has 1 unspecified atom stereocenters. The zero-order valence-electron chi connectivity index (χ0n) is 13.5. The van der Waals surface area contributed by atoms with Gasteiger partial charge in [-0.15, -0.1) is 0 Å². The predicted molar refractivity (Wildman–Crippen MR) is 86.3 cm³/mol. The summed E-state index contributed by atoms with van der Waals surface area (Å²) in [6.45, 7) is 7.79. The van der Waals surface area contributed by atoms with Crippen LogP contribution in [-0.2, 0) is 10.0 Å². The van der Waals surface area contributed by atoms with Gasteiger partial charge in [0.05, 0.1) is 4.90 Å². The molecule has 0 aromatic heterocycles. The summed E-state index contributed by atoms with van der Waals surface area (Å²) in [7, 11) is -3.54. The summed E-state index contributed by atoms with van der Waals surface area (Å²) in [6.07, 6.45) is 1.76. The molecular formula is C16H24N2O3S. The molecular weight excluding hydrogens is 300 g/mol. The quantitative estimate of drug-likeness (QED) is 0.842. The van der Waals surface area contributed by atoms with Crippen LogP contribution in [0.1, 0.15) is 49.5 Å². The molecule has 22 heavy (non-hydrogen) atoms. The number of carbonyl (C=O) groups excluding carboxylic acids is 1. The molecule has 1 saturated carbocycles. The molecule has 0 saturated heterocycles. The van der Waals surface area contributed by atoms with Crippen molar-refractivity contribution in [3.8, 4) is 0 Å². The summed E-state index contributed by atoms with van der Waals surface area (Å²) in [5, 5.41) is 2.91. The highest BCUT2D eigenvalue weighted by atomic mass is 32.2. The Bertz CT molecular complexity index is 664. The largest absolute Gasteiger partial charge is 0.349 e. The summed E-state index contributed by atoms with van der Waals surface area (Å²) in [4.78, 5) is 12.5. The second-order valence-corrected chi connectivity index (χ2v) is 8.09. The third kappa shape index (κ3) is 4.08. The molecule has 0 heterocycles. The number of amides is 1. The highest BCUT2D eigenvalue weighted by Crippen LogP contribution is 2.23. The fourth-order valence-electron chi connectivity index (χ4n) is 1.95. The van der Waals surface area contributed by atoms with E-state index in [1.165, 1.54) is 6.07 Å². The lowest BCUT2D eigenvalue weighted by Crippen LogP contribution is -2.36. The zero-order chi connectivity index (χ0) is 16.5. The van der Waals surface area contributed by atoms with Crippen LogP contribution < -0.4 is 10.0 Å². The molecule has 5 nitrogen and oxygen atoms in total. The molecule has 1 aromatic carbocycles. The van der Waals surface area contributed by atoms with E-state index in [0.717, 1.165) is 18.4 Å². The second-order valence-electron chi connectivity index (χ2n) is 6.38. The Morgan fingerprint density at radius 3 is 2.41 bits per heavy atom. The molecule has 0 bridgehead atoms. The predicted octanol–water partition coefficient (Wildman–Crippen LogP) is 2.21. The van der Waals surface area contributed by atoms with Crippen LogP contribution in [-0.4, -0.2) is 26.4 Å². The van der Waals surface area contributed by atoms with Gasteiger partial charge < -0.3 is 5.32 Å². The normalized spacial score (nSPS) is 16.6.